The standard InChI is InChI=1S/C17H12N2O2S/c1-10-4-2-5-11(8-10)15-18-16(20)14-12(9-22-17(14)19-15)13-6-3-7-21-13/h2-9H,1H3,(H,18,19,20). The number of hydrogen-bond acceptors (Lipinski definition) is 4. The van der Waals surface area contributed by atoms with E-state index in [9.17, 15) is 4.79 Å². The summed E-state index contributed by atoms with van der Waals surface area (Å²) in [5, 5.41) is 2.49. The van der Waals surface area contributed by atoms with Crippen LogP contribution < -0.4 is 5.56 Å². The molecule has 22 heavy (non-hydrogen) atoms. The minimum absolute atomic E-state index is 0.144. The Kier molecular flexibility index (Phi) is 2.94. The van der Waals surface area contributed by atoms with Gasteiger partial charge in [0.05, 0.1) is 11.6 Å². The number of aromatic nitrogens is 2. The molecule has 108 valence electrons. The molecule has 5 heteroatoms. The van der Waals surface area contributed by atoms with Gasteiger partial charge in [-0.05, 0) is 25.1 Å². The molecule has 0 fully saturated rings. The van der Waals surface area contributed by atoms with Crippen LogP contribution in [-0.2, 0) is 0 Å². The molecule has 0 saturated heterocycles. The smallest absolute Gasteiger partial charge is 0.260 e. The highest BCUT2D eigenvalue weighted by Gasteiger charge is 2.15. The number of nitrogens with one attached hydrogen (secondary N) is 1. The molecule has 0 atom stereocenters. The van der Waals surface area contributed by atoms with E-state index in [2.05, 4.69) is 9.97 Å². The lowest BCUT2D eigenvalue weighted by Crippen LogP contribution is -2.08. The summed E-state index contributed by atoms with van der Waals surface area (Å²) in [4.78, 5) is 20.7. The maximum Gasteiger partial charge on any atom is 0.260 e. The molecule has 4 rings (SSSR count). The largest absolute Gasteiger partial charge is 0.464 e. The first kappa shape index (κ1) is 13.0. The van der Waals surface area contributed by atoms with Crippen LogP contribution in [-0.4, -0.2) is 9.97 Å². The van der Waals surface area contributed by atoms with Crippen LogP contribution in [0.1, 0.15) is 5.56 Å². The van der Waals surface area contributed by atoms with Gasteiger partial charge in [0.15, 0.2) is 0 Å². The number of aryl methyl sites for hydroxylation is 1. The van der Waals surface area contributed by atoms with Crippen molar-refractivity contribution in [3.05, 3.63) is 64.0 Å². The van der Waals surface area contributed by atoms with Gasteiger partial charge in [0.1, 0.15) is 16.4 Å². The van der Waals surface area contributed by atoms with Gasteiger partial charge in [0.2, 0.25) is 0 Å². The molecule has 0 aliphatic carbocycles. The van der Waals surface area contributed by atoms with E-state index in [0.717, 1.165) is 16.7 Å². The highest BCUT2D eigenvalue weighted by molar-refractivity contribution is 7.17. The predicted octanol–water partition coefficient (Wildman–Crippen LogP) is 4.22. The van der Waals surface area contributed by atoms with E-state index in [0.29, 0.717) is 21.8 Å². The van der Waals surface area contributed by atoms with Crippen LogP contribution in [0.5, 0.6) is 0 Å². The number of furan rings is 1. The van der Waals surface area contributed by atoms with Gasteiger partial charge < -0.3 is 9.40 Å². The molecule has 0 aliphatic heterocycles. The average Bonchev–Trinajstić information content (AvgIpc) is 3.16. The molecule has 0 spiro atoms. The molecule has 4 nitrogen and oxygen atoms in total. The molecule has 1 N–H and O–H groups in total. The van der Waals surface area contributed by atoms with Gasteiger partial charge in [-0.1, -0.05) is 23.8 Å². The number of thiophene rings is 1. The zero-order valence-corrected chi connectivity index (χ0v) is 12.6. The summed E-state index contributed by atoms with van der Waals surface area (Å²) >= 11 is 1.45. The number of hydrogen-bond donors (Lipinski definition) is 1. The van der Waals surface area contributed by atoms with Crippen molar-refractivity contribution in [1.82, 2.24) is 9.97 Å². The van der Waals surface area contributed by atoms with Crippen LogP contribution >= 0.6 is 11.3 Å². The van der Waals surface area contributed by atoms with Gasteiger partial charge in [0, 0.05) is 16.5 Å². The van der Waals surface area contributed by atoms with Gasteiger partial charge in [-0.2, -0.15) is 0 Å². The Morgan fingerprint density at radius 3 is 2.91 bits per heavy atom. The van der Waals surface area contributed by atoms with E-state index in [4.69, 9.17) is 4.42 Å². The van der Waals surface area contributed by atoms with E-state index in [1.165, 1.54) is 11.3 Å². The predicted molar refractivity (Wildman–Crippen MR) is 88.1 cm³/mol. The Labute approximate surface area is 130 Å². The van der Waals surface area contributed by atoms with Gasteiger partial charge >= 0.3 is 0 Å². The van der Waals surface area contributed by atoms with Gasteiger partial charge in [-0.25, -0.2) is 4.98 Å². The highest BCUT2D eigenvalue weighted by atomic mass is 32.1. The summed E-state index contributed by atoms with van der Waals surface area (Å²) in [5.41, 5.74) is 2.68. The first-order chi connectivity index (χ1) is 10.7. The van der Waals surface area contributed by atoms with E-state index < -0.39 is 0 Å². The lowest BCUT2D eigenvalue weighted by molar-refractivity contribution is 0.583. The fourth-order valence-electron chi connectivity index (χ4n) is 2.49. The normalized spacial score (nSPS) is 11.1. The fourth-order valence-corrected chi connectivity index (χ4v) is 3.42. The second-order valence-electron chi connectivity index (χ2n) is 5.09. The highest BCUT2D eigenvalue weighted by Crippen LogP contribution is 2.31. The van der Waals surface area contributed by atoms with Crippen LogP contribution in [0.15, 0.2) is 57.3 Å². The maximum absolute atomic E-state index is 12.5. The van der Waals surface area contributed by atoms with Gasteiger partial charge in [-0.3, -0.25) is 4.79 Å². The third-order valence-corrected chi connectivity index (χ3v) is 4.39. The molecule has 0 unspecified atom stereocenters. The molecular weight excluding hydrogens is 296 g/mol. The molecule has 0 bridgehead atoms. The molecule has 1 aromatic carbocycles. The number of H-pyrrole nitrogens is 1. The van der Waals surface area contributed by atoms with Crippen molar-refractivity contribution in [3.8, 4) is 22.7 Å². The molecule has 4 aromatic rings. The Hall–Kier alpha value is -2.66. The SMILES string of the molecule is Cc1cccc(-c2nc3scc(-c4ccco4)c3c(=O)[nH]2)c1. The summed E-state index contributed by atoms with van der Waals surface area (Å²) in [6.07, 6.45) is 1.60. The zero-order valence-electron chi connectivity index (χ0n) is 11.8. The molecule has 3 aromatic heterocycles. The molecule has 0 radical (unpaired) electrons. The van der Waals surface area contributed by atoms with Crippen molar-refractivity contribution in [2.24, 2.45) is 0 Å². The molecule has 0 amide bonds. The maximum atomic E-state index is 12.5. The first-order valence-corrected chi connectivity index (χ1v) is 7.73. The fraction of sp³-hybridized carbons (Fsp3) is 0.0588. The number of benzene rings is 1. The number of nitrogens with zero attached hydrogens (tertiary/aromatic N) is 1. The van der Waals surface area contributed by atoms with Crippen LogP contribution in [0.4, 0.5) is 0 Å². The Morgan fingerprint density at radius 1 is 1.23 bits per heavy atom. The molecule has 0 saturated carbocycles. The second kappa shape index (κ2) is 4.96. The summed E-state index contributed by atoms with van der Waals surface area (Å²) < 4.78 is 5.40. The molecular formula is C17H12N2O2S. The van der Waals surface area contributed by atoms with Crippen molar-refractivity contribution in [3.63, 3.8) is 0 Å². The minimum Gasteiger partial charge on any atom is -0.464 e. The minimum atomic E-state index is -0.144. The van der Waals surface area contributed by atoms with Crippen molar-refractivity contribution in [1.29, 1.82) is 0 Å². The average molecular weight is 308 g/mol. The van der Waals surface area contributed by atoms with Crippen LogP contribution in [0.25, 0.3) is 32.9 Å². The molecule has 0 aliphatic rings. The summed E-state index contributed by atoms with van der Waals surface area (Å²) in [6, 6.07) is 11.6. The summed E-state index contributed by atoms with van der Waals surface area (Å²) in [7, 11) is 0. The van der Waals surface area contributed by atoms with Crippen molar-refractivity contribution in [2.75, 3.05) is 0 Å². The van der Waals surface area contributed by atoms with Crippen molar-refractivity contribution in [2.45, 2.75) is 6.92 Å². The Morgan fingerprint density at radius 2 is 2.14 bits per heavy atom. The summed E-state index contributed by atoms with van der Waals surface area (Å²) in [5.74, 6) is 1.27. The number of fused-ring (bicyclic) bond motifs is 1. The molecule has 3 heterocycles. The quantitative estimate of drug-likeness (QED) is 0.603. The van der Waals surface area contributed by atoms with Crippen molar-refractivity contribution < 1.29 is 4.42 Å². The lowest BCUT2D eigenvalue weighted by Gasteiger charge is -2.02. The van der Waals surface area contributed by atoms with Crippen LogP contribution in [0.2, 0.25) is 0 Å². The van der Waals surface area contributed by atoms with Crippen LogP contribution in [0, 0.1) is 6.92 Å². The topological polar surface area (TPSA) is 58.9 Å². The Balaban J connectivity index is 1.94. The lowest BCUT2D eigenvalue weighted by atomic mass is 10.1. The monoisotopic (exact) mass is 308 g/mol. The number of rotatable bonds is 2. The van der Waals surface area contributed by atoms with E-state index in [1.54, 1.807) is 6.26 Å². The van der Waals surface area contributed by atoms with Gasteiger partial charge in [0.25, 0.3) is 5.56 Å². The summed E-state index contributed by atoms with van der Waals surface area (Å²) in [6.45, 7) is 2.01. The van der Waals surface area contributed by atoms with E-state index in [-0.39, 0.29) is 5.56 Å². The van der Waals surface area contributed by atoms with Crippen molar-refractivity contribution >= 4 is 21.6 Å². The number of aromatic amines is 1. The van der Waals surface area contributed by atoms with Gasteiger partial charge in [-0.15, -0.1) is 11.3 Å². The third-order valence-electron chi connectivity index (χ3n) is 3.52. The Bertz CT molecular complexity index is 1010. The second-order valence-corrected chi connectivity index (χ2v) is 5.95. The van der Waals surface area contributed by atoms with Crippen LogP contribution in [0.3, 0.4) is 0 Å². The van der Waals surface area contributed by atoms with E-state index >= 15 is 0 Å². The third kappa shape index (κ3) is 2.07. The zero-order chi connectivity index (χ0) is 15.1. The van der Waals surface area contributed by atoms with E-state index in [1.807, 2.05) is 48.7 Å². The first-order valence-electron chi connectivity index (χ1n) is 6.85.